The molecule has 12 unspecified atom stereocenters. The second-order valence-electron chi connectivity index (χ2n) is 32.9. The van der Waals surface area contributed by atoms with Crippen LogP contribution in [0.1, 0.15) is 249 Å². The van der Waals surface area contributed by atoms with Gasteiger partial charge in [0.25, 0.3) is 0 Å². The Morgan fingerprint density at radius 2 is 0.891 bits per heavy atom. The molecule has 8 aliphatic rings. The van der Waals surface area contributed by atoms with E-state index < -0.39 is 0 Å². The first-order valence-corrected chi connectivity index (χ1v) is 37.7. The van der Waals surface area contributed by atoms with Crippen LogP contribution in [0, 0.1) is 117 Å². The molecule has 498 valence electrons. The number of aryl methyl sites for hydroxylation is 6. The number of rotatable bonds is 2. The van der Waals surface area contributed by atoms with Gasteiger partial charge in [-0.2, -0.15) is 36.3 Å². The van der Waals surface area contributed by atoms with Crippen LogP contribution in [0.25, 0.3) is 31.3 Å². The van der Waals surface area contributed by atoms with E-state index in [-0.39, 0.29) is 87.3 Å². The first-order chi connectivity index (χ1) is 41.6. The summed E-state index contributed by atoms with van der Waals surface area (Å²) < 4.78 is 2.85. The molecule has 6 aromatic rings. The third-order valence-electron chi connectivity index (χ3n) is 21.9. The second kappa shape index (κ2) is 27.5. The van der Waals surface area contributed by atoms with Crippen LogP contribution in [0.5, 0.6) is 0 Å². The van der Waals surface area contributed by atoms with Gasteiger partial charge in [0.05, 0.1) is 5.41 Å². The van der Waals surface area contributed by atoms with Gasteiger partial charge in [-0.25, -0.2) is 11.3 Å². The maximum absolute atomic E-state index is 4.41. The van der Waals surface area contributed by atoms with E-state index in [1.165, 1.54) is 117 Å². The monoisotopic (exact) mass is 1460 g/mol. The average molecular weight is 1470 g/mol. The zero-order chi connectivity index (χ0) is 67.3. The smallest absolute Gasteiger partial charge is 0.0532 e. The van der Waals surface area contributed by atoms with E-state index in [4.69, 9.17) is 0 Å². The zero-order valence-corrected chi connectivity index (χ0v) is 71.8. The molecular formula is C82H118N4S4Y2-2. The van der Waals surface area contributed by atoms with Crippen molar-refractivity contribution in [2.24, 2.45) is 47.3 Å². The van der Waals surface area contributed by atoms with Crippen LogP contribution in [0.4, 0.5) is 11.4 Å². The Bertz CT molecular complexity index is 3840. The number of anilines is 2. The van der Waals surface area contributed by atoms with Crippen LogP contribution >= 0.6 is 45.3 Å². The van der Waals surface area contributed by atoms with Crippen LogP contribution in [-0.4, -0.2) is 45.0 Å². The van der Waals surface area contributed by atoms with Crippen LogP contribution in [0.2, 0.25) is 0 Å². The number of likely N-dealkylation sites (tertiary alicyclic amines) is 2. The van der Waals surface area contributed by atoms with Crippen molar-refractivity contribution in [3.8, 4) is 0 Å². The van der Waals surface area contributed by atoms with Crippen LogP contribution in [0.15, 0.2) is 48.8 Å². The van der Waals surface area contributed by atoms with E-state index in [9.17, 15) is 0 Å². The Kier molecular flexibility index (Phi) is 23.1. The normalized spacial score (nSPS) is 27.1. The van der Waals surface area contributed by atoms with E-state index in [1.54, 1.807) is 21.8 Å². The Balaban J connectivity index is 0.000000166. The Labute approximate surface area is 627 Å². The number of fused-ring (bicyclic) bond motifs is 8. The minimum atomic E-state index is 0. The molecule has 4 aliphatic heterocycles. The fraction of sp³-hybridized carbons (Fsp3) is 0.585. The molecule has 10 heteroatoms. The van der Waals surface area contributed by atoms with Crippen LogP contribution < -0.4 is 10.6 Å². The summed E-state index contributed by atoms with van der Waals surface area (Å²) in [4.78, 5) is 14.2. The molecule has 4 aromatic heterocycles. The summed E-state index contributed by atoms with van der Waals surface area (Å²) in [6.07, 6.45) is 4.82. The van der Waals surface area contributed by atoms with E-state index in [0.29, 0.717) is 47.8 Å². The van der Waals surface area contributed by atoms with E-state index in [1.807, 2.05) is 45.3 Å². The fourth-order valence-electron chi connectivity index (χ4n) is 18.4. The molecule has 4 nitrogen and oxygen atoms in total. The van der Waals surface area contributed by atoms with Crippen molar-refractivity contribution in [3.05, 3.63) is 148 Å². The quantitative estimate of drug-likeness (QED) is 0.169. The first kappa shape index (κ1) is 77.2. The summed E-state index contributed by atoms with van der Waals surface area (Å²) in [5.41, 5.74) is 23.4. The van der Waals surface area contributed by atoms with Crippen molar-refractivity contribution in [2.45, 2.75) is 266 Å². The number of hydrogen-bond acceptors (Lipinski definition) is 8. The van der Waals surface area contributed by atoms with Crippen molar-refractivity contribution < 1.29 is 65.4 Å². The van der Waals surface area contributed by atoms with Crippen molar-refractivity contribution in [3.63, 3.8) is 0 Å². The van der Waals surface area contributed by atoms with Crippen molar-refractivity contribution in [1.82, 2.24) is 9.80 Å². The van der Waals surface area contributed by atoms with E-state index in [2.05, 4.69) is 279 Å². The maximum atomic E-state index is 4.41. The fourth-order valence-corrected chi connectivity index (χ4v) is 23.5. The van der Waals surface area contributed by atoms with Gasteiger partial charge in [-0.3, -0.25) is 0 Å². The van der Waals surface area contributed by atoms with Crippen molar-refractivity contribution in [2.75, 3.05) is 10.6 Å². The predicted octanol–water partition coefficient (Wildman–Crippen LogP) is 24.4. The molecule has 2 spiro atoms. The molecule has 0 amide bonds. The number of nitrogens with one attached hydrogen (secondary N) is 2. The average Bonchev–Trinajstić information content (AvgIpc) is 1.48. The summed E-state index contributed by atoms with van der Waals surface area (Å²) in [6.45, 7) is 86.1. The molecule has 2 saturated carbocycles. The molecule has 2 saturated heterocycles. The number of benzene rings is 2. The van der Waals surface area contributed by atoms with Gasteiger partial charge in [-0.1, -0.05) is 112 Å². The number of nitrogens with zero attached hydrogens (tertiary/aromatic N) is 2. The van der Waals surface area contributed by atoms with Gasteiger partial charge in [0.1, 0.15) is 0 Å². The third kappa shape index (κ3) is 12.5. The summed E-state index contributed by atoms with van der Waals surface area (Å²) in [5, 5.41) is 10.2. The van der Waals surface area contributed by atoms with Crippen molar-refractivity contribution in [1.29, 1.82) is 0 Å². The van der Waals surface area contributed by atoms with Gasteiger partial charge < -0.3 is 20.4 Å². The standard InChI is InChI=1S/2C20H27NS.2C17H22NS.2C4H10.2Y/c1-10-9-15-20(16-11(2)14(5)22-18(10)16)12(3)17(20)13(4)21(15)19(6,7)8;1-10-9-15-20(18-16(10)11(2)14(5)22-18)12(3)17(20)13(4)21(15)19(6,7)8;1-8(2)14-11(5)18-13-7-9(3)17-15(16(13)14)10(4)12(6)19-17;1-8(2)14-11(5)18-13-7-9(3)15-10(4)12(6)19-17(15)16(13)14;2*1-4(2)3;;/h2*9,12-13,17H,1H2,2-8H3;2*7-8,11,14,18H,3H2,1-2,4-6H3;2*4H,1-3H3;;/q;;2*-1;;;;. The molecular weight excluding hydrogens is 1350 g/mol. The summed E-state index contributed by atoms with van der Waals surface area (Å²) in [5.74, 6) is 7.23. The minimum Gasteiger partial charge on any atom is -0.392 e. The molecule has 2 radical (unpaired) electrons. The second-order valence-corrected chi connectivity index (χ2v) is 37.8. The van der Waals surface area contributed by atoms with Gasteiger partial charge in [0.15, 0.2) is 0 Å². The molecule has 0 bridgehead atoms. The number of allylic oxidation sites excluding steroid dienone is 6. The zero-order valence-electron chi connectivity index (χ0n) is 62.9. The molecule has 4 aliphatic carbocycles. The molecule has 2 aromatic carbocycles. The molecule has 4 fully saturated rings. The third-order valence-corrected chi connectivity index (χ3v) is 27.0. The Morgan fingerprint density at radius 3 is 1.38 bits per heavy atom. The molecule has 8 heterocycles. The Hall–Kier alpha value is -2.13. The van der Waals surface area contributed by atoms with Crippen LogP contribution in [0.3, 0.4) is 0 Å². The van der Waals surface area contributed by atoms with Crippen LogP contribution in [-0.2, 0) is 76.2 Å². The predicted molar refractivity (Wildman–Crippen MR) is 406 cm³/mol. The summed E-state index contributed by atoms with van der Waals surface area (Å²) in [6, 6.07) is 6.74. The van der Waals surface area contributed by atoms with Gasteiger partial charge in [0.2, 0.25) is 0 Å². The number of hydrogen-bond donors (Lipinski definition) is 2. The number of piperidine rings is 2. The van der Waals surface area contributed by atoms with Gasteiger partial charge in [0, 0.05) is 149 Å². The SMILES string of the molecule is C=C1C=C2N(C(C)(C)C)C(C)C3C(C)C23c2c1sc(C)c2C.C=C1C=C2N(C(C)(C)C)C(C)C3C(C)C23c2sc(C)c(C)c21.CC(C)C.CC(C)C.[CH2-]c1cc2c(c3c(C)c(C)sc13)C(C(C)C)C(C)N2.[CH2-]c1cc2c(c3sc(C)c(C)c13)C(C(C)C)C(C)N2.[Y].[Y]. The van der Waals surface area contributed by atoms with Gasteiger partial charge >= 0.3 is 0 Å². The summed E-state index contributed by atoms with van der Waals surface area (Å²) in [7, 11) is 0. The first-order valence-electron chi connectivity index (χ1n) is 34.5. The molecule has 92 heavy (non-hydrogen) atoms. The number of thiophene rings is 4. The van der Waals surface area contributed by atoms with Gasteiger partial charge in [-0.05, 0) is 260 Å². The maximum Gasteiger partial charge on any atom is 0.0532 e. The summed E-state index contributed by atoms with van der Waals surface area (Å²) >= 11 is 7.81. The molecule has 2 N–H and O–H groups in total. The van der Waals surface area contributed by atoms with Crippen molar-refractivity contribution >= 4 is 88.0 Å². The Morgan fingerprint density at radius 1 is 0.500 bits per heavy atom. The minimum absolute atomic E-state index is 0. The van der Waals surface area contributed by atoms with E-state index >= 15 is 0 Å². The molecule has 14 rings (SSSR count). The molecule has 12 atom stereocenters. The van der Waals surface area contributed by atoms with E-state index in [0.717, 1.165) is 35.5 Å². The topological polar surface area (TPSA) is 30.5 Å². The largest absolute Gasteiger partial charge is 0.392 e. The van der Waals surface area contributed by atoms with Gasteiger partial charge in [-0.15, -0.1) is 40.2 Å².